The number of hydrogen-bond donors (Lipinski definition) is 1. The lowest BCUT2D eigenvalue weighted by Gasteiger charge is -2.06. The Hall–Kier alpha value is -1.75. The van der Waals surface area contributed by atoms with Crippen molar-refractivity contribution < 1.29 is 5.11 Å². The summed E-state index contributed by atoms with van der Waals surface area (Å²) in [5.41, 5.74) is 1.70. The van der Waals surface area contributed by atoms with Crippen LogP contribution in [-0.4, -0.2) is 24.9 Å². The molecule has 17 heavy (non-hydrogen) atoms. The molecule has 0 spiro atoms. The summed E-state index contributed by atoms with van der Waals surface area (Å²) >= 11 is 0. The minimum absolute atomic E-state index is 0.409. The first-order valence-electron chi connectivity index (χ1n) is 5.69. The van der Waals surface area contributed by atoms with E-state index in [2.05, 4.69) is 22.0 Å². The molecule has 0 aromatic carbocycles. The molecule has 0 aliphatic rings. The lowest BCUT2D eigenvalue weighted by atomic mass is 10.2. The Bertz CT molecular complexity index is 478. The Labute approximate surface area is 100 Å². The van der Waals surface area contributed by atoms with Crippen molar-refractivity contribution in [3.8, 4) is 0 Å². The van der Waals surface area contributed by atoms with E-state index in [1.807, 2.05) is 17.8 Å². The van der Waals surface area contributed by atoms with Gasteiger partial charge in [-0.05, 0) is 18.9 Å². The van der Waals surface area contributed by atoms with Gasteiger partial charge in [0.15, 0.2) is 5.82 Å². The van der Waals surface area contributed by atoms with Crippen LogP contribution in [0.5, 0.6) is 0 Å². The fraction of sp³-hybridized carbons (Fsp3) is 0.417. The number of hydrogen-bond acceptors (Lipinski definition) is 4. The Kier molecular flexibility index (Phi) is 3.49. The molecule has 0 radical (unpaired) electrons. The first-order valence-corrected chi connectivity index (χ1v) is 5.69. The molecule has 0 bridgehead atoms. The van der Waals surface area contributed by atoms with Gasteiger partial charge in [-0.2, -0.15) is 5.10 Å². The number of nitrogens with zero attached hydrogens (tertiary/aromatic N) is 4. The summed E-state index contributed by atoms with van der Waals surface area (Å²) in [5.74, 6) is 0.409. The van der Waals surface area contributed by atoms with E-state index in [1.165, 1.54) is 0 Å². The van der Waals surface area contributed by atoms with E-state index < -0.39 is 6.10 Å². The minimum atomic E-state index is -0.804. The molecule has 0 saturated carbocycles. The predicted octanol–water partition coefficient (Wildman–Crippen LogP) is 1.47. The molecular weight excluding hydrogens is 216 g/mol. The second-order valence-electron chi connectivity index (χ2n) is 4.06. The van der Waals surface area contributed by atoms with Gasteiger partial charge in [0.05, 0.1) is 6.20 Å². The van der Waals surface area contributed by atoms with Gasteiger partial charge < -0.3 is 5.11 Å². The third-order valence-corrected chi connectivity index (χ3v) is 2.47. The predicted molar refractivity (Wildman–Crippen MR) is 63.3 cm³/mol. The zero-order valence-electron chi connectivity index (χ0n) is 10.0. The van der Waals surface area contributed by atoms with E-state index >= 15 is 0 Å². The fourth-order valence-electron chi connectivity index (χ4n) is 1.56. The second-order valence-corrected chi connectivity index (χ2v) is 4.06. The molecule has 0 aliphatic carbocycles. The number of rotatable bonds is 4. The van der Waals surface area contributed by atoms with Gasteiger partial charge in [0.1, 0.15) is 6.10 Å². The highest BCUT2D eigenvalue weighted by atomic mass is 16.3. The van der Waals surface area contributed by atoms with Gasteiger partial charge in [-0.3, -0.25) is 4.68 Å². The lowest BCUT2D eigenvalue weighted by Crippen LogP contribution is -2.04. The average molecular weight is 232 g/mol. The SMILES string of the molecule is CCCn1cc(C(O)c2ncc(C)cn2)cn1. The molecule has 2 aromatic heterocycles. The molecule has 5 nitrogen and oxygen atoms in total. The Morgan fingerprint density at radius 1 is 1.29 bits per heavy atom. The number of aromatic nitrogens is 4. The van der Waals surface area contributed by atoms with Crippen LogP contribution < -0.4 is 0 Å². The topological polar surface area (TPSA) is 63.8 Å². The maximum atomic E-state index is 10.1. The van der Waals surface area contributed by atoms with Crippen LogP contribution in [0.15, 0.2) is 24.8 Å². The quantitative estimate of drug-likeness (QED) is 0.867. The smallest absolute Gasteiger partial charge is 0.161 e. The van der Waals surface area contributed by atoms with E-state index in [1.54, 1.807) is 18.6 Å². The molecule has 2 heterocycles. The second kappa shape index (κ2) is 5.05. The molecule has 2 rings (SSSR count). The molecule has 2 aromatic rings. The molecule has 1 unspecified atom stereocenters. The van der Waals surface area contributed by atoms with E-state index in [0.717, 1.165) is 24.1 Å². The van der Waals surface area contributed by atoms with E-state index in [9.17, 15) is 5.11 Å². The highest BCUT2D eigenvalue weighted by Crippen LogP contribution is 2.17. The highest BCUT2D eigenvalue weighted by Gasteiger charge is 2.15. The first-order chi connectivity index (χ1) is 8.20. The van der Waals surface area contributed by atoms with Crippen molar-refractivity contribution >= 4 is 0 Å². The van der Waals surface area contributed by atoms with Crippen LogP contribution in [0.2, 0.25) is 0 Å². The van der Waals surface area contributed by atoms with E-state index in [-0.39, 0.29) is 0 Å². The zero-order chi connectivity index (χ0) is 12.3. The monoisotopic (exact) mass is 232 g/mol. The van der Waals surface area contributed by atoms with Gasteiger partial charge in [-0.25, -0.2) is 9.97 Å². The van der Waals surface area contributed by atoms with Crippen molar-refractivity contribution in [3.63, 3.8) is 0 Å². The Morgan fingerprint density at radius 3 is 2.65 bits per heavy atom. The van der Waals surface area contributed by atoms with Crippen LogP contribution in [-0.2, 0) is 6.54 Å². The molecule has 0 fully saturated rings. The fourth-order valence-corrected chi connectivity index (χ4v) is 1.56. The van der Waals surface area contributed by atoms with E-state index in [0.29, 0.717) is 5.82 Å². The van der Waals surface area contributed by atoms with Crippen LogP contribution in [0, 0.1) is 6.92 Å². The van der Waals surface area contributed by atoms with Crippen molar-refractivity contribution in [3.05, 3.63) is 41.7 Å². The summed E-state index contributed by atoms with van der Waals surface area (Å²) in [4.78, 5) is 8.22. The van der Waals surface area contributed by atoms with Gasteiger partial charge in [0.25, 0.3) is 0 Å². The van der Waals surface area contributed by atoms with Gasteiger partial charge in [-0.15, -0.1) is 0 Å². The maximum Gasteiger partial charge on any atom is 0.161 e. The van der Waals surface area contributed by atoms with Crippen molar-refractivity contribution in [2.45, 2.75) is 32.9 Å². The summed E-state index contributed by atoms with van der Waals surface area (Å²) in [5, 5.41) is 14.3. The largest absolute Gasteiger partial charge is 0.380 e. The van der Waals surface area contributed by atoms with Crippen molar-refractivity contribution in [2.75, 3.05) is 0 Å². The summed E-state index contributed by atoms with van der Waals surface area (Å²) in [6, 6.07) is 0. The molecule has 90 valence electrons. The van der Waals surface area contributed by atoms with Gasteiger partial charge in [0.2, 0.25) is 0 Å². The molecule has 0 aliphatic heterocycles. The van der Waals surface area contributed by atoms with Gasteiger partial charge in [-0.1, -0.05) is 6.92 Å². The summed E-state index contributed by atoms with van der Waals surface area (Å²) < 4.78 is 1.81. The molecule has 0 saturated heterocycles. The van der Waals surface area contributed by atoms with Gasteiger partial charge >= 0.3 is 0 Å². The number of aliphatic hydroxyl groups is 1. The van der Waals surface area contributed by atoms with Crippen LogP contribution >= 0.6 is 0 Å². The summed E-state index contributed by atoms with van der Waals surface area (Å²) in [6.07, 6.45) is 7.09. The third kappa shape index (κ3) is 2.68. The lowest BCUT2D eigenvalue weighted by molar-refractivity contribution is 0.209. The van der Waals surface area contributed by atoms with Crippen LogP contribution in [0.25, 0.3) is 0 Å². The van der Waals surface area contributed by atoms with Crippen LogP contribution in [0.3, 0.4) is 0 Å². The molecule has 0 amide bonds. The molecular formula is C12H16N4O. The van der Waals surface area contributed by atoms with Crippen LogP contribution in [0.1, 0.15) is 36.4 Å². The van der Waals surface area contributed by atoms with Crippen molar-refractivity contribution in [1.29, 1.82) is 0 Å². The normalized spacial score (nSPS) is 12.6. The van der Waals surface area contributed by atoms with Crippen molar-refractivity contribution in [2.24, 2.45) is 0 Å². The minimum Gasteiger partial charge on any atom is -0.380 e. The van der Waals surface area contributed by atoms with Crippen molar-refractivity contribution in [1.82, 2.24) is 19.7 Å². The molecule has 1 N–H and O–H groups in total. The first kappa shape index (κ1) is 11.7. The third-order valence-electron chi connectivity index (χ3n) is 2.47. The number of aliphatic hydroxyl groups excluding tert-OH is 1. The number of aryl methyl sites for hydroxylation is 2. The standard InChI is InChI=1S/C12H16N4O/c1-3-4-16-8-10(7-15-16)11(17)12-13-5-9(2)6-14-12/h5-8,11,17H,3-4H2,1-2H3. The summed E-state index contributed by atoms with van der Waals surface area (Å²) in [7, 11) is 0. The maximum absolute atomic E-state index is 10.1. The Morgan fingerprint density at radius 2 is 2.00 bits per heavy atom. The zero-order valence-corrected chi connectivity index (χ0v) is 10.0. The van der Waals surface area contributed by atoms with E-state index in [4.69, 9.17) is 0 Å². The molecule has 1 atom stereocenters. The molecule has 5 heteroatoms. The Balaban J connectivity index is 2.18. The highest BCUT2D eigenvalue weighted by molar-refractivity contribution is 5.17. The van der Waals surface area contributed by atoms with Gasteiger partial charge in [0, 0.05) is 30.7 Å². The average Bonchev–Trinajstić information content (AvgIpc) is 2.78. The van der Waals surface area contributed by atoms with Crippen LogP contribution in [0.4, 0.5) is 0 Å². The summed E-state index contributed by atoms with van der Waals surface area (Å²) in [6.45, 7) is 4.85.